The van der Waals surface area contributed by atoms with Crippen LogP contribution in [0.25, 0.3) is 0 Å². The molecule has 1 atom stereocenters. The minimum absolute atomic E-state index is 0.141. The Balaban J connectivity index is 1.63. The molecular weight excluding hydrogens is 503 g/mol. The number of thiophene rings is 1. The summed E-state index contributed by atoms with van der Waals surface area (Å²) in [6.07, 6.45) is -1.01. The molecule has 1 unspecified atom stereocenters. The average molecular weight is 524 g/mol. The largest absolute Gasteiger partial charge is 0.417 e. The molecule has 1 aliphatic heterocycles. The second kappa shape index (κ2) is 9.56. The van der Waals surface area contributed by atoms with Gasteiger partial charge in [0.2, 0.25) is 5.78 Å². The fourth-order valence-corrected chi connectivity index (χ4v) is 5.33. The van der Waals surface area contributed by atoms with Crippen LogP contribution < -0.4 is 10.2 Å². The Morgan fingerprint density at radius 2 is 2.00 bits per heavy atom. The number of carbonyl (C=O) groups is 2. The number of carbonyl (C=O) groups excluding carboxylic acids is 2. The van der Waals surface area contributed by atoms with E-state index in [0.29, 0.717) is 12.4 Å². The van der Waals surface area contributed by atoms with Gasteiger partial charge >= 0.3 is 6.18 Å². The zero-order chi connectivity index (χ0) is 25.4. The van der Waals surface area contributed by atoms with Crippen LogP contribution in [0, 0.1) is 0 Å². The van der Waals surface area contributed by atoms with Gasteiger partial charge in [-0.3, -0.25) is 19.5 Å². The molecule has 1 aliphatic rings. The highest BCUT2D eigenvalue weighted by atomic mass is 35.5. The van der Waals surface area contributed by atoms with E-state index in [4.69, 9.17) is 11.6 Å². The third-order valence-corrected chi connectivity index (χ3v) is 7.04. The maximum absolute atomic E-state index is 13.2. The van der Waals surface area contributed by atoms with Gasteiger partial charge in [0.05, 0.1) is 17.2 Å². The van der Waals surface area contributed by atoms with Crippen molar-refractivity contribution >= 4 is 51.5 Å². The SMILES string of the molecule is CC1(C)C(C(=O)C=O)N(c2cc(C(F)(F)F)cs2)CN1Cc1cc(Cl)nc(Nc2ccncc2)c1. The number of nitrogens with zero attached hydrogens (tertiary/aromatic N) is 4. The molecule has 35 heavy (non-hydrogen) atoms. The van der Waals surface area contributed by atoms with Crippen molar-refractivity contribution in [1.82, 2.24) is 14.9 Å². The summed E-state index contributed by atoms with van der Waals surface area (Å²) in [7, 11) is 0. The Morgan fingerprint density at radius 1 is 1.29 bits per heavy atom. The van der Waals surface area contributed by atoms with E-state index < -0.39 is 29.1 Å². The first-order valence-corrected chi connectivity index (χ1v) is 11.7. The predicted molar refractivity (Wildman–Crippen MR) is 128 cm³/mol. The van der Waals surface area contributed by atoms with Crippen molar-refractivity contribution in [1.29, 1.82) is 0 Å². The lowest BCUT2D eigenvalue weighted by molar-refractivity contribution is -0.137. The van der Waals surface area contributed by atoms with Gasteiger partial charge in [-0.15, -0.1) is 11.3 Å². The number of nitrogens with one attached hydrogen (secondary N) is 1. The van der Waals surface area contributed by atoms with Gasteiger partial charge in [0.25, 0.3) is 0 Å². The van der Waals surface area contributed by atoms with E-state index >= 15 is 0 Å². The molecule has 0 amide bonds. The molecule has 0 spiro atoms. The van der Waals surface area contributed by atoms with Crippen molar-refractivity contribution in [2.24, 2.45) is 0 Å². The number of pyridine rings is 2. The zero-order valence-electron chi connectivity index (χ0n) is 18.7. The average Bonchev–Trinajstić information content (AvgIpc) is 3.37. The second-order valence-electron chi connectivity index (χ2n) is 8.60. The van der Waals surface area contributed by atoms with Crippen molar-refractivity contribution in [3.8, 4) is 0 Å². The smallest absolute Gasteiger partial charge is 0.340 e. The Bertz CT molecular complexity index is 1240. The number of rotatable bonds is 7. The lowest BCUT2D eigenvalue weighted by Gasteiger charge is -2.34. The summed E-state index contributed by atoms with van der Waals surface area (Å²) in [5, 5.41) is 4.67. The molecule has 1 fully saturated rings. The van der Waals surface area contributed by atoms with Crippen LogP contribution in [0.5, 0.6) is 0 Å². The number of halogens is 4. The lowest BCUT2D eigenvalue weighted by atomic mass is 9.91. The second-order valence-corrected chi connectivity index (χ2v) is 9.88. The van der Waals surface area contributed by atoms with Gasteiger partial charge in [-0.1, -0.05) is 11.6 Å². The maximum atomic E-state index is 13.2. The van der Waals surface area contributed by atoms with Crippen LogP contribution in [0.3, 0.4) is 0 Å². The van der Waals surface area contributed by atoms with E-state index in [9.17, 15) is 22.8 Å². The molecule has 3 aromatic heterocycles. The van der Waals surface area contributed by atoms with Gasteiger partial charge < -0.3 is 10.2 Å². The van der Waals surface area contributed by atoms with Crippen molar-refractivity contribution in [3.05, 3.63) is 64.4 Å². The van der Waals surface area contributed by atoms with Gasteiger partial charge in [0.1, 0.15) is 17.0 Å². The number of ketones is 1. The van der Waals surface area contributed by atoms with Gasteiger partial charge in [-0.2, -0.15) is 13.2 Å². The van der Waals surface area contributed by atoms with Crippen LogP contribution in [0.2, 0.25) is 5.15 Å². The molecular formula is C23H21ClF3N5O2S. The predicted octanol–water partition coefficient (Wildman–Crippen LogP) is 5.15. The summed E-state index contributed by atoms with van der Waals surface area (Å²) in [6.45, 7) is 4.03. The molecule has 4 heterocycles. The maximum Gasteiger partial charge on any atom is 0.417 e. The van der Waals surface area contributed by atoms with Crippen LogP contribution in [-0.2, 0) is 22.3 Å². The minimum atomic E-state index is -4.50. The molecule has 4 rings (SSSR count). The van der Waals surface area contributed by atoms with Gasteiger partial charge in [0, 0.05) is 35.5 Å². The Morgan fingerprint density at radius 3 is 2.63 bits per heavy atom. The van der Waals surface area contributed by atoms with E-state index in [1.165, 1.54) is 0 Å². The Labute approximate surface area is 208 Å². The summed E-state index contributed by atoms with van der Waals surface area (Å²) < 4.78 is 39.6. The highest BCUT2D eigenvalue weighted by Gasteiger charge is 2.50. The molecule has 184 valence electrons. The minimum Gasteiger partial charge on any atom is -0.340 e. The summed E-state index contributed by atoms with van der Waals surface area (Å²) in [4.78, 5) is 35.8. The molecule has 1 saturated heterocycles. The van der Waals surface area contributed by atoms with E-state index in [-0.39, 0.29) is 23.1 Å². The third-order valence-electron chi connectivity index (χ3n) is 5.88. The number of Topliss-reactive ketones (excluding diaryl/α,β-unsaturated/α-hetero) is 1. The van der Waals surface area contributed by atoms with E-state index in [0.717, 1.165) is 34.0 Å². The number of alkyl halides is 3. The molecule has 12 heteroatoms. The zero-order valence-corrected chi connectivity index (χ0v) is 20.3. The molecule has 0 aromatic carbocycles. The van der Waals surface area contributed by atoms with Crippen LogP contribution in [-0.4, -0.2) is 45.2 Å². The fourth-order valence-electron chi connectivity index (χ4n) is 4.15. The van der Waals surface area contributed by atoms with Crippen LogP contribution in [0.4, 0.5) is 29.7 Å². The normalized spacial score (nSPS) is 18.0. The standard InChI is InChI=1S/C23H21ClF3N5O2S/c1-22(2)21(17(34)11-33)32(20-9-15(12-35-20)23(25,26)27)13-31(22)10-14-7-18(24)30-19(8-14)29-16-3-5-28-6-4-16/h3-9,11-12,21H,10,13H2,1-2H3,(H,28,29,30). The monoisotopic (exact) mass is 523 g/mol. The van der Waals surface area contributed by atoms with Crippen LogP contribution in [0.1, 0.15) is 25.0 Å². The number of hydrogen-bond donors (Lipinski definition) is 1. The first-order valence-electron chi connectivity index (χ1n) is 10.5. The Hall–Kier alpha value is -3.02. The first-order chi connectivity index (χ1) is 16.5. The fraction of sp³-hybridized carbons (Fsp3) is 0.304. The summed E-state index contributed by atoms with van der Waals surface area (Å²) >= 11 is 7.13. The molecule has 0 aliphatic carbocycles. The van der Waals surface area contributed by atoms with Crippen molar-refractivity contribution in [2.45, 2.75) is 38.1 Å². The summed E-state index contributed by atoms with van der Waals surface area (Å²) in [5.41, 5.74) is -0.118. The van der Waals surface area contributed by atoms with Crippen molar-refractivity contribution in [2.75, 3.05) is 16.9 Å². The molecule has 1 N–H and O–H groups in total. The topological polar surface area (TPSA) is 78.4 Å². The molecule has 7 nitrogen and oxygen atoms in total. The number of aldehydes is 1. The van der Waals surface area contributed by atoms with Gasteiger partial charge in [-0.25, -0.2) is 4.98 Å². The Kier molecular flexibility index (Phi) is 6.85. The van der Waals surface area contributed by atoms with Gasteiger partial charge in [0.15, 0.2) is 6.29 Å². The number of hydrogen-bond acceptors (Lipinski definition) is 8. The van der Waals surface area contributed by atoms with E-state index in [1.54, 1.807) is 55.4 Å². The molecule has 0 radical (unpaired) electrons. The highest BCUT2D eigenvalue weighted by Crippen LogP contribution is 2.42. The summed E-state index contributed by atoms with van der Waals surface area (Å²) in [6, 6.07) is 7.09. The van der Waals surface area contributed by atoms with Crippen LogP contribution in [0.15, 0.2) is 48.1 Å². The molecule has 0 saturated carbocycles. The number of aromatic nitrogens is 2. The van der Waals surface area contributed by atoms with Crippen LogP contribution >= 0.6 is 22.9 Å². The number of anilines is 3. The first kappa shape index (κ1) is 25.1. The van der Waals surface area contributed by atoms with E-state index in [1.807, 2.05) is 4.90 Å². The van der Waals surface area contributed by atoms with Gasteiger partial charge in [-0.05, 0) is 49.7 Å². The van der Waals surface area contributed by atoms with E-state index in [2.05, 4.69) is 15.3 Å². The summed E-state index contributed by atoms with van der Waals surface area (Å²) in [5.74, 6) is -0.201. The molecule has 0 bridgehead atoms. The highest BCUT2D eigenvalue weighted by molar-refractivity contribution is 7.14. The molecule has 3 aromatic rings. The lowest BCUT2D eigenvalue weighted by Crippen LogP contribution is -2.51. The van der Waals surface area contributed by atoms with Crippen molar-refractivity contribution < 1.29 is 22.8 Å². The quantitative estimate of drug-likeness (QED) is 0.261. The van der Waals surface area contributed by atoms with Crippen molar-refractivity contribution in [3.63, 3.8) is 0 Å². The third kappa shape index (κ3) is 5.31.